The summed E-state index contributed by atoms with van der Waals surface area (Å²) < 4.78 is 10.1. The summed E-state index contributed by atoms with van der Waals surface area (Å²) >= 11 is 0. The Balaban J connectivity index is 1.96. The molecule has 1 heterocycles. The largest absolute Gasteiger partial charge is 0.465 e. The van der Waals surface area contributed by atoms with E-state index in [2.05, 4.69) is 5.32 Å². The van der Waals surface area contributed by atoms with Gasteiger partial charge in [-0.25, -0.2) is 0 Å². The second-order valence-corrected chi connectivity index (χ2v) is 3.97. The number of methoxy groups -OCH3 is 1. The summed E-state index contributed by atoms with van der Waals surface area (Å²) in [4.78, 5) is 11.7. The lowest BCUT2D eigenvalue weighted by Crippen LogP contribution is -2.07. The van der Waals surface area contributed by atoms with Crippen LogP contribution in [0, 0.1) is 0 Å². The average Bonchev–Trinajstić information content (AvgIpc) is 2.90. The van der Waals surface area contributed by atoms with E-state index in [9.17, 15) is 4.79 Å². The Kier molecular flexibility index (Phi) is 4.53. The van der Waals surface area contributed by atoms with Crippen LogP contribution in [-0.4, -0.2) is 13.0 Å². The molecule has 0 spiro atoms. The van der Waals surface area contributed by atoms with Crippen LogP contribution in [0.3, 0.4) is 0 Å². The summed E-state index contributed by atoms with van der Waals surface area (Å²) in [5, 5.41) is 2.78. The molecule has 0 fully saturated rings. The average molecular weight is 257 g/mol. The second kappa shape index (κ2) is 6.56. The number of carbonyl (C=O) groups is 1. The van der Waals surface area contributed by atoms with E-state index in [1.807, 2.05) is 24.3 Å². The summed E-state index contributed by atoms with van der Waals surface area (Å²) in [5.41, 5.74) is 1.75. The van der Waals surface area contributed by atoms with Gasteiger partial charge in [0.15, 0.2) is 0 Å². The molecule has 0 saturated heterocycles. The van der Waals surface area contributed by atoms with Gasteiger partial charge in [0.2, 0.25) is 5.91 Å². The smallest absolute Gasteiger partial charge is 0.248 e. The first-order chi connectivity index (χ1) is 9.28. The Labute approximate surface area is 111 Å². The number of benzene rings is 1. The molecule has 98 valence electrons. The number of hydrogen-bond donors (Lipinski definition) is 1. The molecule has 19 heavy (non-hydrogen) atoms. The SMILES string of the molecule is COCc1cccc(NC(=O)/C=C/c2ccco2)c1. The van der Waals surface area contributed by atoms with Crippen LogP contribution in [0.25, 0.3) is 6.08 Å². The first-order valence-electron chi connectivity index (χ1n) is 5.88. The maximum Gasteiger partial charge on any atom is 0.248 e. The molecule has 0 aliphatic carbocycles. The van der Waals surface area contributed by atoms with Gasteiger partial charge in [-0.2, -0.15) is 0 Å². The third-order valence-corrected chi connectivity index (χ3v) is 2.45. The number of nitrogens with one attached hydrogen (secondary N) is 1. The summed E-state index contributed by atoms with van der Waals surface area (Å²) in [7, 11) is 1.64. The minimum atomic E-state index is -0.203. The highest BCUT2D eigenvalue weighted by Gasteiger charge is 2.00. The van der Waals surface area contributed by atoms with Crippen molar-refractivity contribution < 1.29 is 13.9 Å². The molecule has 1 amide bonds. The molecule has 0 unspecified atom stereocenters. The van der Waals surface area contributed by atoms with E-state index in [0.29, 0.717) is 12.4 Å². The van der Waals surface area contributed by atoms with E-state index < -0.39 is 0 Å². The van der Waals surface area contributed by atoms with Crippen molar-refractivity contribution in [2.45, 2.75) is 6.61 Å². The van der Waals surface area contributed by atoms with Crippen LogP contribution >= 0.6 is 0 Å². The van der Waals surface area contributed by atoms with Crippen LogP contribution in [-0.2, 0) is 16.1 Å². The zero-order valence-electron chi connectivity index (χ0n) is 10.6. The topological polar surface area (TPSA) is 51.5 Å². The van der Waals surface area contributed by atoms with Crippen molar-refractivity contribution in [3.8, 4) is 0 Å². The van der Waals surface area contributed by atoms with E-state index in [1.54, 1.807) is 31.6 Å². The normalized spacial score (nSPS) is 10.8. The van der Waals surface area contributed by atoms with Gasteiger partial charge in [-0.15, -0.1) is 0 Å². The zero-order chi connectivity index (χ0) is 13.5. The monoisotopic (exact) mass is 257 g/mol. The molecule has 4 heteroatoms. The van der Waals surface area contributed by atoms with Gasteiger partial charge in [-0.3, -0.25) is 4.79 Å². The van der Waals surface area contributed by atoms with Gasteiger partial charge >= 0.3 is 0 Å². The molecular weight excluding hydrogens is 242 g/mol. The summed E-state index contributed by atoms with van der Waals surface area (Å²) in [5.74, 6) is 0.439. The minimum Gasteiger partial charge on any atom is -0.465 e. The summed E-state index contributed by atoms with van der Waals surface area (Å²) in [6, 6.07) is 11.1. The predicted molar refractivity (Wildman–Crippen MR) is 73.5 cm³/mol. The molecule has 0 aliphatic heterocycles. The van der Waals surface area contributed by atoms with Crippen molar-refractivity contribution in [2.75, 3.05) is 12.4 Å². The second-order valence-electron chi connectivity index (χ2n) is 3.97. The number of carbonyl (C=O) groups excluding carboxylic acids is 1. The molecule has 1 N–H and O–H groups in total. The van der Waals surface area contributed by atoms with E-state index in [1.165, 1.54) is 6.08 Å². The highest BCUT2D eigenvalue weighted by molar-refractivity contribution is 6.01. The van der Waals surface area contributed by atoms with Crippen LogP contribution in [0.1, 0.15) is 11.3 Å². The first kappa shape index (κ1) is 13.1. The van der Waals surface area contributed by atoms with Gasteiger partial charge in [-0.1, -0.05) is 12.1 Å². The number of ether oxygens (including phenoxy) is 1. The molecular formula is C15H15NO3. The molecule has 0 atom stereocenters. The third-order valence-electron chi connectivity index (χ3n) is 2.45. The molecule has 0 saturated carbocycles. The molecule has 0 bridgehead atoms. The maximum absolute atomic E-state index is 11.7. The summed E-state index contributed by atoms with van der Waals surface area (Å²) in [6.45, 7) is 0.520. The van der Waals surface area contributed by atoms with Gasteiger partial charge in [0.05, 0.1) is 12.9 Å². The molecule has 4 nitrogen and oxygen atoms in total. The van der Waals surface area contributed by atoms with Crippen LogP contribution < -0.4 is 5.32 Å². The van der Waals surface area contributed by atoms with E-state index in [4.69, 9.17) is 9.15 Å². The quantitative estimate of drug-likeness (QED) is 0.837. The lowest BCUT2D eigenvalue weighted by Gasteiger charge is -2.04. The minimum absolute atomic E-state index is 0.203. The Morgan fingerprint density at radius 3 is 3.00 bits per heavy atom. The van der Waals surface area contributed by atoms with Crippen LogP contribution in [0.15, 0.2) is 53.2 Å². The van der Waals surface area contributed by atoms with Gasteiger partial charge < -0.3 is 14.5 Å². The highest BCUT2D eigenvalue weighted by atomic mass is 16.5. The fourth-order valence-electron chi connectivity index (χ4n) is 1.63. The van der Waals surface area contributed by atoms with Gasteiger partial charge in [0.1, 0.15) is 5.76 Å². The predicted octanol–water partition coefficient (Wildman–Crippen LogP) is 3.08. The van der Waals surface area contributed by atoms with Crippen LogP contribution in [0.2, 0.25) is 0 Å². The fraction of sp³-hybridized carbons (Fsp3) is 0.133. The molecule has 1 aromatic carbocycles. The number of rotatable bonds is 5. The van der Waals surface area contributed by atoms with Crippen LogP contribution in [0.5, 0.6) is 0 Å². The standard InChI is InChI=1S/C15H15NO3/c1-18-11-12-4-2-5-13(10-12)16-15(17)8-7-14-6-3-9-19-14/h2-10H,11H2,1H3,(H,16,17)/b8-7+. The van der Waals surface area contributed by atoms with Gasteiger partial charge in [-0.05, 0) is 35.9 Å². The Morgan fingerprint density at radius 2 is 2.26 bits per heavy atom. The first-order valence-corrected chi connectivity index (χ1v) is 5.88. The summed E-state index contributed by atoms with van der Waals surface area (Å²) in [6.07, 6.45) is 4.61. The Morgan fingerprint density at radius 1 is 1.37 bits per heavy atom. The lowest BCUT2D eigenvalue weighted by molar-refractivity contribution is -0.111. The van der Waals surface area contributed by atoms with Crippen molar-refractivity contribution >= 4 is 17.7 Å². The van der Waals surface area contributed by atoms with E-state index in [-0.39, 0.29) is 5.91 Å². The number of anilines is 1. The van der Waals surface area contributed by atoms with Crippen molar-refractivity contribution in [3.05, 3.63) is 60.1 Å². The van der Waals surface area contributed by atoms with Crippen molar-refractivity contribution in [2.24, 2.45) is 0 Å². The van der Waals surface area contributed by atoms with Crippen molar-refractivity contribution in [1.29, 1.82) is 0 Å². The molecule has 0 radical (unpaired) electrons. The number of amides is 1. The van der Waals surface area contributed by atoms with Gasteiger partial charge in [0.25, 0.3) is 0 Å². The van der Waals surface area contributed by atoms with Crippen molar-refractivity contribution in [3.63, 3.8) is 0 Å². The number of furan rings is 1. The fourth-order valence-corrected chi connectivity index (χ4v) is 1.63. The Hall–Kier alpha value is -2.33. The molecule has 0 aliphatic rings. The highest BCUT2D eigenvalue weighted by Crippen LogP contribution is 2.11. The lowest BCUT2D eigenvalue weighted by atomic mass is 10.2. The Bertz CT molecular complexity index is 559. The molecule has 1 aromatic heterocycles. The third kappa shape index (κ3) is 4.12. The van der Waals surface area contributed by atoms with Crippen molar-refractivity contribution in [1.82, 2.24) is 0 Å². The van der Waals surface area contributed by atoms with E-state index in [0.717, 1.165) is 11.3 Å². The maximum atomic E-state index is 11.7. The van der Waals surface area contributed by atoms with Crippen LogP contribution in [0.4, 0.5) is 5.69 Å². The van der Waals surface area contributed by atoms with E-state index >= 15 is 0 Å². The zero-order valence-corrected chi connectivity index (χ0v) is 10.6. The molecule has 2 rings (SSSR count). The number of hydrogen-bond acceptors (Lipinski definition) is 3. The van der Waals surface area contributed by atoms with Gasteiger partial charge in [0, 0.05) is 18.9 Å². The molecule has 2 aromatic rings.